The average molecular weight is 430 g/mol. The first kappa shape index (κ1) is 19.2. The van der Waals surface area contributed by atoms with Gasteiger partial charge in [-0.3, -0.25) is 15.0 Å². The van der Waals surface area contributed by atoms with E-state index in [9.17, 15) is 9.59 Å². The summed E-state index contributed by atoms with van der Waals surface area (Å²) in [6.45, 7) is 2.30. The van der Waals surface area contributed by atoms with Gasteiger partial charge in [-0.2, -0.15) is 0 Å². The number of ether oxygens (including phenoxy) is 1. The Morgan fingerprint density at radius 2 is 1.94 bits per heavy atom. The minimum atomic E-state index is -0.272. The number of nitrogens with one attached hydrogen (secondary N) is 1. The van der Waals surface area contributed by atoms with Gasteiger partial charge in [0, 0.05) is 12.5 Å². The number of fused-ring (bicyclic) bond motifs is 2. The van der Waals surface area contributed by atoms with Gasteiger partial charge in [-0.1, -0.05) is 29.5 Å². The predicted octanol–water partition coefficient (Wildman–Crippen LogP) is 4.99. The molecule has 154 valence electrons. The summed E-state index contributed by atoms with van der Waals surface area (Å²) in [4.78, 5) is 35.3. The molecule has 0 aliphatic carbocycles. The van der Waals surface area contributed by atoms with Gasteiger partial charge in [0.15, 0.2) is 10.9 Å². The summed E-state index contributed by atoms with van der Waals surface area (Å²) in [5.74, 6) is 0.525. The van der Waals surface area contributed by atoms with Crippen molar-refractivity contribution >= 4 is 44.2 Å². The minimum Gasteiger partial charge on any atom is -0.490 e. The van der Waals surface area contributed by atoms with Gasteiger partial charge in [0.1, 0.15) is 18.1 Å². The van der Waals surface area contributed by atoms with Crippen LogP contribution in [0.1, 0.15) is 17.4 Å². The number of hydrogen-bond acceptors (Lipinski definition) is 6. The maximum absolute atomic E-state index is 13.1. The molecule has 3 heterocycles. The zero-order valence-corrected chi connectivity index (χ0v) is 17.5. The molecule has 0 atom stereocenters. The number of nitrogens with zero attached hydrogens (tertiary/aromatic N) is 3. The minimum absolute atomic E-state index is 0.0972. The zero-order valence-electron chi connectivity index (χ0n) is 16.7. The van der Waals surface area contributed by atoms with Crippen molar-refractivity contribution in [1.82, 2.24) is 9.97 Å². The molecule has 0 bridgehead atoms. The molecule has 8 heteroatoms. The summed E-state index contributed by atoms with van der Waals surface area (Å²) in [5, 5.41) is 3.45. The number of pyridine rings is 1. The lowest BCUT2D eigenvalue weighted by molar-refractivity contribution is 0.101. The third-order valence-electron chi connectivity index (χ3n) is 4.98. The third kappa shape index (κ3) is 3.73. The zero-order chi connectivity index (χ0) is 21.4. The van der Waals surface area contributed by atoms with Gasteiger partial charge >= 0.3 is 6.03 Å². The van der Waals surface area contributed by atoms with Crippen molar-refractivity contribution in [2.75, 3.05) is 23.4 Å². The first-order chi connectivity index (χ1) is 15.1. The number of hydrogen-bond donors (Lipinski definition) is 1. The van der Waals surface area contributed by atoms with Crippen LogP contribution in [0.15, 0.2) is 60.7 Å². The van der Waals surface area contributed by atoms with Crippen LogP contribution in [0.2, 0.25) is 0 Å². The number of amides is 2. The molecule has 5 rings (SSSR count). The predicted molar refractivity (Wildman–Crippen MR) is 121 cm³/mol. The Hall–Kier alpha value is -3.78. The smallest absolute Gasteiger partial charge is 0.328 e. The van der Waals surface area contributed by atoms with E-state index >= 15 is 0 Å². The molecule has 2 aromatic carbocycles. The van der Waals surface area contributed by atoms with Gasteiger partial charge in [-0.05, 0) is 42.5 Å². The van der Waals surface area contributed by atoms with E-state index in [1.807, 2.05) is 48.5 Å². The number of aromatic nitrogens is 2. The summed E-state index contributed by atoms with van der Waals surface area (Å²) in [5.41, 5.74) is 3.36. The third-order valence-corrected chi connectivity index (χ3v) is 5.93. The molecule has 7 nitrogen and oxygen atoms in total. The van der Waals surface area contributed by atoms with Crippen LogP contribution >= 0.6 is 11.3 Å². The molecule has 0 saturated heterocycles. The molecular formula is C23H18N4O3S. The lowest BCUT2D eigenvalue weighted by atomic mass is 10.1. The number of benzene rings is 2. The van der Waals surface area contributed by atoms with E-state index in [0.29, 0.717) is 41.1 Å². The maximum Gasteiger partial charge on any atom is 0.328 e. The number of urea groups is 1. The van der Waals surface area contributed by atoms with Gasteiger partial charge in [0.2, 0.25) is 0 Å². The molecule has 0 spiro atoms. The second kappa shape index (κ2) is 7.81. The van der Waals surface area contributed by atoms with E-state index in [1.165, 1.54) is 18.3 Å². The molecule has 0 radical (unpaired) electrons. The van der Waals surface area contributed by atoms with Crippen LogP contribution in [0.5, 0.6) is 5.75 Å². The fraction of sp³-hybridized carbons (Fsp3) is 0.130. The molecule has 0 unspecified atom stereocenters. The monoisotopic (exact) mass is 430 g/mol. The Labute approximate surface area is 182 Å². The lowest BCUT2D eigenvalue weighted by Crippen LogP contribution is -2.40. The Bertz CT molecular complexity index is 1280. The molecule has 1 aliphatic heterocycles. The number of thiazole rings is 1. The van der Waals surface area contributed by atoms with E-state index < -0.39 is 0 Å². The van der Waals surface area contributed by atoms with Gasteiger partial charge in [0.05, 0.1) is 28.1 Å². The maximum atomic E-state index is 13.1. The second-order valence-electron chi connectivity index (χ2n) is 7.06. The summed E-state index contributed by atoms with van der Waals surface area (Å²) < 4.78 is 6.76. The van der Waals surface area contributed by atoms with E-state index in [2.05, 4.69) is 15.3 Å². The van der Waals surface area contributed by atoms with E-state index in [4.69, 9.17) is 4.74 Å². The first-order valence-electron chi connectivity index (χ1n) is 9.78. The molecule has 2 aromatic heterocycles. The highest BCUT2D eigenvalue weighted by Gasteiger charge is 2.25. The highest BCUT2D eigenvalue weighted by atomic mass is 32.1. The quantitative estimate of drug-likeness (QED) is 0.463. The number of carbonyl (C=O) groups excluding carboxylic acids is 2. The SMILES string of the molecule is CC(=O)c1cccc(-c2ccc3c(c2)N(C(=O)Nc2nc4ccccc4s2)CCO3)n1. The van der Waals surface area contributed by atoms with Crippen molar-refractivity contribution in [1.29, 1.82) is 0 Å². The average Bonchev–Trinajstić information content (AvgIpc) is 3.20. The molecule has 0 saturated carbocycles. The number of anilines is 2. The largest absolute Gasteiger partial charge is 0.490 e. The Morgan fingerprint density at radius 3 is 2.77 bits per heavy atom. The summed E-state index contributed by atoms with van der Waals surface area (Å²) >= 11 is 1.43. The van der Waals surface area contributed by atoms with Crippen LogP contribution in [-0.4, -0.2) is 34.9 Å². The Balaban J connectivity index is 1.45. The summed E-state index contributed by atoms with van der Waals surface area (Å²) in [6.07, 6.45) is 0. The fourth-order valence-corrected chi connectivity index (χ4v) is 4.32. The fourth-order valence-electron chi connectivity index (χ4n) is 3.46. The lowest BCUT2D eigenvalue weighted by Gasteiger charge is -2.29. The van der Waals surface area contributed by atoms with Gasteiger partial charge in [-0.25, -0.2) is 14.8 Å². The van der Waals surface area contributed by atoms with E-state index in [0.717, 1.165) is 15.8 Å². The number of Topliss-reactive ketones (excluding diaryl/α,β-unsaturated/α-hetero) is 1. The topological polar surface area (TPSA) is 84.4 Å². The second-order valence-corrected chi connectivity index (χ2v) is 8.09. The molecule has 0 fully saturated rings. The van der Waals surface area contributed by atoms with Crippen LogP contribution in [0.4, 0.5) is 15.6 Å². The molecule has 31 heavy (non-hydrogen) atoms. The van der Waals surface area contributed by atoms with Crippen molar-refractivity contribution < 1.29 is 14.3 Å². The summed E-state index contributed by atoms with van der Waals surface area (Å²) in [7, 11) is 0. The Morgan fingerprint density at radius 1 is 1.06 bits per heavy atom. The van der Waals surface area contributed by atoms with Crippen LogP contribution in [0.3, 0.4) is 0 Å². The first-order valence-corrected chi connectivity index (χ1v) is 10.6. The van der Waals surface area contributed by atoms with Crippen LogP contribution in [0, 0.1) is 0 Å². The van der Waals surface area contributed by atoms with Crippen molar-refractivity contribution in [3.05, 3.63) is 66.4 Å². The van der Waals surface area contributed by atoms with Crippen molar-refractivity contribution in [2.45, 2.75) is 6.92 Å². The molecule has 2 amide bonds. The molecule has 1 aliphatic rings. The number of para-hydroxylation sites is 1. The normalized spacial score (nSPS) is 12.9. The highest BCUT2D eigenvalue weighted by molar-refractivity contribution is 7.22. The van der Waals surface area contributed by atoms with Gasteiger partial charge < -0.3 is 4.74 Å². The van der Waals surface area contributed by atoms with Crippen LogP contribution < -0.4 is 15.0 Å². The number of rotatable bonds is 3. The van der Waals surface area contributed by atoms with E-state index in [-0.39, 0.29) is 11.8 Å². The Kier molecular flexibility index (Phi) is 4.83. The van der Waals surface area contributed by atoms with Crippen molar-refractivity contribution in [3.8, 4) is 17.0 Å². The van der Waals surface area contributed by atoms with Gasteiger partial charge in [0.25, 0.3) is 0 Å². The van der Waals surface area contributed by atoms with Crippen molar-refractivity contribution in [3.63, 3.8) is 0 Å². The molecular weight excluding hydrogens is 412 g/mol. The van der Waals surface area contributed by atoms with Crippen LogP contribution in [0.25, 0.3) is 21.5 Å². The highest BCUT2D eigenvalue weighted by Crippen LogP contribution is 2.36. The van der Waals surface area contributed by atoms with Crippen LogP contribution in [-0.2, 0) is 0 Å². The molecule has 1 N–H and O–H groups in total. The van der Waals surface area contributed by atoms with E-state index in [1.54, 1.807) is 17.0 Å². The number of ketones is 1. The van der Waals surface area contributed by atoms with Gasteiger partial charge in [-0.15, -0.1) is 0 Å². The molecule has 4 aromatic rings. The summed E-state index contributed by atoms with van der Waals surface area (Å²) in [6, 6.07) is 18.4. The standard InChI is InChI=1S/C23H18N4O3S/c1-14(28)16-6-4-7-17(24-16)15-9-10-20-19(13-15)27(11-12-30-20)23(29)26-22-25-18-5-2-3-8-21(18)31-22/h2-10,13H,11-12H2,1H3,(H,25,26,29). The van der Waals surface area contributed by atoms with Crippen molar-refractivity contribution in [2.24, 2.45) is 0 Å². The number of carbonyl (C=O) groups is 2.